The third-order valence-corrected chi connectivity index (χ3v) is 2.83. The minimum absolute atomic E-state index is 0.123. The number of nitrogens with two attached hydrogens (primary N) is 1. The molecule has 0 aromatic heterocycles. The average molecular weight is 251 g/mol. The zero-order valence-corrected chi connectivity index (χ0v) is 9.83. The van der Waals surface area contributed by atoms with Crippen molar-refractivity contribution in [3.63, 3.8) is 0 Å². The highest BCUT2D eigenvalue weighted by Crippen LogP contribution is 2.32. The van der Waals surface area contributed by atoms with Gasteiger partial charge in [0.2, 0.25) is 5.91 Å². The maximum atomic E-state index is 11.7. The second-order valence-electron chi connectivity index (χ2n) is 4.08. The maximum Gasteiger partial charge on any atom is 0.312 e. The first kappa shape index (κ1) is 12.3. The summed E-state index contributed by atoms with van der Waals surface area (Å²) in [6.45, 7) is 0.377. The van der Waals surface area contributed by atoms with Crippen LogP contribution in [0.2, 0.25) is 0 Å². The predicted octanol–water partition coefficient (Wildman–Crippen LogP) is 0.667. The van der Waals surface area contributed by atoms with Gasteiger partial charge in [0.1, 0.15) is 0 Å². The summed E-state index contributed by atoms with van der Waals surface area (Å²) in [5, 5.41) is 10.9. The van der Waals surface area contributed by atoms with E-state index in [2.05, 4.69) is 0 Å². The number of nitro benzene ring substituents is 1. The molecule has 1 unspecified atom stereocenters. The van der Waals surface area contributed by atoms with Gasteiger partial charge in [-0.2, -0.15) is 0 Å². The van der Waals surface area contributed by atoms with Crippen LogP contribution in [0.1, 0.15) is 6.42 Å². The molecule has 2 rings (SSSR count). The summed E-state index contributed by atoms with van der Waals surface area (Å²) in [5.41, 5.74) is 5.99. The summed E-state index contributed by atoms with van der Waals surface area (Å²) >= 11 is 0. The first-order valence-electron chi connectivity index (χ1n) is 5.41. The quantitative estimate of drug-likeness (QED) is 0.628. The molecule has 1 saturated heterocycles. The Hall–Kier alpha value is -2.15. The lowest BCUT2D eigenvalue weighted by atomic mass is 10.2. The second kappa shape index (κ2) is 4.61. The van der Waals surface area contributed by atoms with Crippen molar-refractivity contribution in [2.75, 3.05) is 18.6 Å². The van der Waals surface area contributed by atoms with Crippen LogP contribution in [0, 0.1) is 10.1 Å². The van der Waals surface area contributed by atoms with Crippen molar-refractivity contribution in [2.24, 2.45) is 5.73 Å². The molecule has 2 N–H and O–H groups in total. The van der Waals surface area contributed by atoms with Crippen molar-refractivity contribution in [2.45, 2.75) is 12.5 Å². The highest BCUT2D eigenvalue weighted by atomic mass is 16.6. The summed E-state index contributed by atoms with van der Waals surface area (Å²) < 4.78 is 4.90. The van der Waals surface area contributed by atoms with Gasteiger partial charge in [-0.15, -0.1) is 0 Å². The van der Waals surface area contributed by atoms with E-state index in [1.807, 2.05) is 0 Å². The molecule has 1 aromatic carbocycles. The van der Waals surface area contributed by atoms with Gasteiger partial charge in [0.05, 0.1) is 17.7 Å². The highest BCUT2D eigenvalue weighted by Gasteiger charge is 2.29. The molecule has 1 amide bonds. The van der Waals surface area contributed by atoms with Crippen LogP contribution in [-0.4, -0.2) is 30.5 Å². The molecule has 1 heterocycles. The Balaban J connectivity index is 2.38. The molecule has 18 heavy (non-hydrogen) atoms. The number of nitro groups is 1. The third-order valence-electron chi connectivity index (χ3n) is 2.83. The normalized spacial score (nSPS) is 19.1. The van der Waals surface area contributed by atoms with Gasteiger partial charge in [0, 0.05) is 25.1 Å². The largest absolute Gasteiger partial charge is 0.490 e. The van der Waals surface area contributed by atoms with Gasteiger partial charge in [0.15, 0.2) is 5.75 Å². The molecular weight excluding hydrogens is 238 g/mol. The van der Waals surface area contributed by atoms with Crippen molar-refractivity contribution in [1.29, 1.82) is 0 Å². The average Bonchev–Trinajstić information content (AvgIpc) is 2.67. The van der Waals surface area contributed by atoms with Crippen molar-refractivity contribution in [3.8, 4) is 5.75 Å². The van der Waals surface area contributed by atoms with Crippen molar-refractivity contribution in [3.05, 3.63) is 28.3 Å². The number of hydrogen-bond donors (Lipinski definition) is 1. The molecule has 1 atom stereocenters. The Labute approximate surface area is 103 Å². The zero-order valence-electron chi connectivity index (χ0n) is 9.83. The van der Waals surface area contributed by atoms with Gasteiger partial charge in [-0.1, -0.05) is 0 Å². The molecule has 0 saturated carbocycles. The van der Waals surface area contributed by atoms with Gasteiger partial charge in [-0.05, 0) is 12.1 Å². The summed E-state index contributed by atoms with van der Waals surface area (Å²) in [6.07, 6.45) is 0.264. The van der Waals surface area contributed by atoms with E-state index >= 15 is 0 Å². The van der Waals surface area contributed by atoms with Crippen molar-refractivity contribution in [1.82, 2.24) is 0 Å². The lowest BCUT2D eigenvalue weighted by Crippen LogP contribution is -2.27. The Kier molecular flexibility index (Phi) is 3.15. The van der Waals surface area contributed by atoms with Gasteiger partial charge in [0.25, 0.3) is 0 Å². The molecule has 0 bridgehead atoms. The number of ether oxygens (including phenoxy) is 1. The molecule has 96 valence electrons. The molecule has 0 aliphatic carbocycles. The predicted molar refractivity (Wildman–Crippen MR) is 64.6 cm³/mol. The first-order chi connectivity index (χ1) is 8.52. The van der Waals surface area contributed by atoms with Crippen molar-refractivity contribution < 1.29 is 14.5 Å². The second-order valence-corrected chi connectivity index (χ2v) is 4.08. The van der Waals surface area contributed by atoms with E-state index in [9.17, 15) is 14.9 Å². The molecule has 7 heteroatoms. The maximum absolute atomic E-state index is 11.7. The molecule has 7 nitrogen and oxygen atoms in total. The topological polar surface area (TPSA) is 98.7 Å². The number of carbonyl (C=O) groups excluding carboxylic acids is 1. The summed E-state index contributed by atoms with van der Waals surface area (Å²) in [5.74, 6) is 0.0432. The minimum Gasteiger partial charge on any atom is -0.490 e. The van der Waals surface area contributed by atoms with E-state index in [0.29, 0.717) is 12.2 Å². The molecule has 0 spiro atoms. The van der Waals surface area contributed by atoms with E-state index < -0.39 is 4.92 Å². The lowest BCUT2D eigenvalue weighted by molar-refractivity contribution is -0.385. The number of hydrogen-bond acceptors (Lipinski definition) is 5. The van der Waals surface area contributed by atoms with Gasteiger partial charge in [-0.3, -0.25) is 14.9 Å². The van der Waals surface area contributed by atoms with Crippen LogP contribution in [0.4, 0.5) is 11.4 Å². The van der Waals surface area contributed by atoms with Gasteiger partial charge >= 0.3 is 5.69 Å². The highest BCUT2D eigenvalue weighted by molar-refractivity contribution is 5.96. The number of nitrogens with zero attached hydrogens (tertiary/aromatic N) is 2. The molecular formula is C11H13N3O4. The van der Waals surface area contributed by atoms with Crippen LogP contribution < -0.4 is 15.4 Å². The molecule has 1 fully saturated rings. The summed E-state index contributed by atoms with van der Waals surface area (Å²) in [4.78, 5) is 23.5. The number of amides is 1. The smallest absolute Gasteiger partial charge is 0.312 e. The number of anilines is 1. The molecule has 1 aliphatic heterocycles. The monoisotopic (exact) mass is 251 g/mol. The fourth-order valence-electron chi connectivity index (χ4n) is 1.97. The van der Waals surface area contributed by atoms with Crippen LogP contribution in [0.3, 0.4) is 0 Å². The van der Waals surface area contributed by atoms with Gasteiger partial charge in [-0.25, -0.2) is 0 Å². The third kappa shape index (κ3) is 2.12. The van der Waals surface area contributed by atoms with Crippen LogP contribution in [0.25, 0.3) is 0 Å². The number of methoxy groups -OCH3 is 1. The fraction of sp³-hybridized carbons (Fsp3) is 0.364. The number of carbonyl (C=O) groups is 1. The lowest BCUT2D eigenvalue weighted by Gasteiger charge is -2.16. The van der Waals surface area contributed by atoms with E-state index in [1.165, 1.54) is 24.1 Å². The van der Waals surface area contributed by atoms with Crippen LogP contribution >= 0.6 is 0 Å². The minimum atomic E-state index is -0.539. The Morgan fingerprint density at radius 1 is 1.56 bits per heavy atom. The van der Waals surface area contributed by atoms with Crippen LogP contribution in [0.15, 0.2) is 18.2 Å². The van der Waals surface area contributed by atoms with E-state index in [1.54, 1.807) is 6.07 Å². The van der Waals surface area contributed by atoms with E-state index in [4.69, 9.17) is 10.5 Å². The van der Waals surface area contributed by atoms with E-state index in [0.717, 1.165) is 0 Å². The molecule has 0 radical (unpaired) electrons. The molecule has 1 aliphatic rings. The Morgan fingerprint density at radius 3 is 2.78 bits per heavy atom. The fourth-order valence-corrected chi connectivity index (χ4v) is 1.97. The SMILES string of the molecule is COc1ccc(N2CC(N)CC2=O)cc1[N+](=O)[O-]. The van der Waals surface area contributed by atoms with Crippen LogP contribution in [-0.2, 0) is 4.79 Å². The summed E-state index contributed by atoms with van der Waals surface area (Å²) in [7, 11) is 1.36. The van der Waals surface area contributed by atoms with E-state index in [-0.39, 0.29) is 29.8 Å². The van der Waals surface area contributed by atoms with Crippen molar-refractivity contribution >= 4 is 17.3 Å². The molecule has 1 aromatic rings. The zero-order chi connectivity index (χ0) is 13.3. The standard InChI is InChI=1S/C11H13N3O4/c1-18-10-3-2-8(5-9(10)14(16)17)13-6-7(12)4-11(13)15/h2-3,5,7H,4,6,12H2,1H3. The summed E-state index contributed by atoms with van der Waals surface area (Å²) in [6, 6.07) is 4.19. The number of benzene rings is 1. The first-order valence-corrected chi connectivity index (χ1v) is 5.41. The van der Waals surface area contributed by atoms with Gasteiger partial charge < -0.3 is 15.4 Å². The Morgan fingerprint density at radius 2 is 2.28 bits per heavy atom. The number of rotatable bonds is 3. The Bertz CT molecular complexity index is 503. The van der Waals surface area contributed by atoms with Crippen LogP contribution in [0.5, 0.6) is 5.75 Å².